The van der Waals surface area contributed by atoms with Gasteiger partial charge in [-0.25, -0.2) is 0 Å². The molecular weight excluding hydrogens is 226 g/mol. The highest BCUT2D eigenvalue weighted by atomic mass is 16.1. The Hall–Kier alpha value is -2.02. The van der Waals surface area contributed by atoms with Gasteiger partial charge in [-0.3, -0.25) is 4.79 Å². The fourth-order valence-electron chi connectivity index (χ4n) is 1.55. The lowest BCUT2D eigenvalue weighted by Crippen LogP contribution is -2.34. The number of amides is 1. The Balaban J connectivity index is 2.55. The van der Waals surface area contributed by atoms with Gasteiger partial charge in [0, 0.05) is 11.7 Å². The van der Waals surface area contributed by atoms with Crippen molar-refractivity contribution in [3.05, 3.63) is 29.8 Å². The van der Waals surface area contributed by atoms with E-state index in [1.165, 1.54) is 0 Å². The van der Waals surface area contributed by atoms with Gasteiger partial charge >= 0.3 is 0 Å². The predicted octanol–water partition coefficient (Wildman–Crippen LogP) is 2.21. The van der Waals surface area contributed by atoms with Gasteiger partial charge in [0.15, 0.2) is 0 Å². The normalized spacial score (nSPS) is 11.7. The quantitative estimate of drug-likeness (QED) is 0.836. The van der Waals surface area contributed by atoms with Crippen molar-refractivity contribution in [1.29, 1.82) is 5.26 Å². The molecule has 4 nitrogen and oxygen atoms in total. The molecule has 1 unspecified atom stereocenters. The lowest BCUT2D eigenvalue weighted by atomic mass is 10.1. The molecule has 1 amide bonds. The Morgan fingerprint density at radius 1 is 1.33 bits per heavy atom. The molecule has 0 aliphatic carbocycles. The zero-order valence-corrected chi connectivity index (χ0v) is 11.0. The first-order chi connectivity index (χ1) is 8.51. The van der Waals surface area contributed by atoms with E-state index in [1.807, 2.05) is 45.0 Å². The summed E-state index contributed by atoms with van der Waals surface area (Å²) in [5.74, 6) is -0.115. The van der Waals surface area contributed by atoms with Crippen LogP contribution in [0.2, 0.25) is 0 Å². The number of nitriles is 1. The van der Waals surface area contributed by atoms with Crippen LogP contribution in [0.15, 0.2) is 24.3 Å². The van der Waals surface area contributed by atoms with Gasteiger partial charge in [-0.1, -0.05) is 17.7 Å². The summed E-state index contributed by atoms with van der Waals surface area (Å²) in [6.07, 6.45) is 0.155. The van der Waals surface area contributed by atoms with E-state index in [0.29, 0.717) is 0 Å². The molecule has 0 aromatic heterocycles. The maximum Gasteiger partial charge on any atom is 0.223 e. The molecule has 1 atom stereocenters. The van der Waals surface area contributed by atoms with Gasteiger partial charge in [0.05, 0.1) is 12.5 Å². The van der Waals surface area contributed by atoms with Crippen molar-refractivity contribution in [3.63, 3.8) is 0 Å². The van der Waals surface area contributed by atoms with E-state index in [1.54, 1.807) is 0 Å². The molecule has 0 aliphatic rings. The Kier molecular flexibility index (Phi) is 5.19. The van der Waals surface area contributed by atoms with Crippen molar-refractivity contribution < 1.29 is 4.79 Å². The third kappa shape index (κ3) is 4.88. The van der Waals surface area contributed by atoms with Crippen molar-refractivity contribution >= 4 is 11.6 Å². The van der Waals surface area contributed by atoms with Crippen LogP contribution < -0.4 is 10.6 Å². The van der Waals surface area contributed by atoms with Crippen LogP contribution >= 0.6 is 0 Å². The largest absolute Gasteiger partial charge is 0.369 e. The van der Waals surface area contributed by atoms with E-state index in [9.17, 15) is 4.79 Å². The molecule has 2 N–H and O–H groups in total. The van der Waals surface area contributed by atoms with Crippen molar-refractivity contribution in [2.24, 2.45) is 0 Å². The van der Waals surface area contributed by atoms with Crippen LogP contribution in [-0.2, 0) is 4.79 Å². The van der Waals surface area contributed by atoms with Crippen LogP contribution in [0.1, 0.15) is 25.8 Å². The molecule has 0 spiro atoms. The topological polar surface area (TPSA) is 64.9 Å². The smallest absolute Gasteiger partial charge is 0.223 e. The summed E-state index contributed by atoms with van der Waals surface area (Å²) < 4.78 is 0. The van der Waals surface area contributed by atoms with E-state index in [-0.39, 0.29) is 18.4 Å². The van der Waals surface area contributed by atoms with Crippen molar-refractivity contribution in [2.75, 3.05) is 5.32 Å². The lowest BCUT2D eigenvalue weighted by molar-refractivity contribution is -0.121. The van der Waals surface area contributed by atoms with Gasteiger partial charge in [0.2, 0.25) is 5.91 Å². The monoisotopic (exact) mass is 245 g/mol. The summed E-state index contributed by atoms with van der Waals surface area (Å²) in [6.45, 7) is 5.79. The van der Waals surface area contributed by atoms with Gasteiger partial charge in [0.25, 0.3) is 0 Å². The minimum Gasteiger partial charge on any atom is -0.369 e. The summed E-state index contributed by atoms with van der Waals surface area (Å²) in [4.78, 5) is 11.6. The predicted molar refractivity (Wildman–Crippen MR) is 72.1 cm³/mol. The maximum absolute atomic E-state index is 11.6. The number of rotatable bonds is 5. The molecule has 0 bridgehead atoms. The van der Waals surface area contributed by atoms with E-state index in [4.69, 9.17) is 5.26 Å². The second-order valence-corrected chi connectivity index (χ2v) is 4.62. The van der Waals surface area contributed by atoms with Crippen LogP contribution in [-0.4, -0.2) is 18.0 Å². The first-order valence-electron chi connectivity index (χ1n) is 6.03. The number of hydrogen-bond acceptors (Lipinski definition) is 3. The molecule has 1 rings (SSSR count). The van der Waals surface area contributed by atoms with E-state index in [0.717, 1.165) is 11.3 Å². The first kappa shape index (κ1) is 14.0. The molecule has 1 aromatic rings. The molecule has 0 aliphatic heterocycles. The number of anilines is 1. The van der Waals surface area contributed by atoms with E-state index in [2.05, 4.69) is 16.7 Å². The Labute approximate surface area is 108 Å². The molecule has 96 valence electrons. The molecule has 0 fully saturated rings. The van der Waals surface area contributed by atoms with Crippen molar-refractivity contribution in [3.8, 4) is 6.07 Å². The van der Waals surface area contributed by atoms with Gasteiger partial charge in [-0.15, -0.1) is 0 Å². The molecule has 0 saturated heterocycles. The maximum atomic E-state index is 11.6. The Morgan fingerprint density at radius 2 is 1.94 bits per heavy atom. The standard InChI is InChI=1S/C14H19N3O/c1-10(2)16-14(18)8-13(9-15)17-12-6-4-11(3)5-7-12/h4-7,10,13,17H,8H2,1-3H3,(H,16,18). The number of aryl methyl sites for hydroxylation is 1. The number of carbonyl (C=O) groups excluding carboxylic acids is 1. The van der Waals surface area contributed by atoms with Crippen LogP contribution in [0.4, 0.5) is 5.69 Å². The number of benzene rings is 1. The molecule has 0 radical (unpaired) electrons. The minimum atomic E-state index is -0.508. The molecule has 1 aromatic carbocycles. The summed E-state index contributed by atoms with van der Waals surface area (Å²) in [5.41, 5.74) is 2.01. The average molecular weight is 245 g/mol. The van der Waals surface area contributed by atoms with Crippen LogP contribution in [0.5, 0.6) is 0 Å². The molecule has 0 saturated carbocycles. The van der Waals surface area contributed by atoms with E-state index >= 15 is 0 Å². The Bertz CT molecular complexity index is 431. The van der Waals surface area contributed by atoms with Crippen LogP contribution in [0.25, 0.3) is 0 Å². The molecule has 4 heteroatoms. The third-order valence-electron chi connectivity index (χ3n) is 2.39. The van der Waals surface area contributed by atoms with Gasteiger partial charge in [-0.2, -0.15) is 5.26 Å². The third-order valence-corrected chi connectivity index (χ3v) is 2.39. The zero-order valence-electron chi connectivity index (χ0n) is 11.0. The number of nitrogens with zero attached hydrogens (tertiary/aromatic N) is 1. The van der Waals surface area contributed by atoms with Crippen molar-refractivity contribution in [2.45, 2.75) is 39.3 Å². The second-order valence-electron chi connectivity index (χ2n) is 4.62. The number of carbonyl (C=O) groups is 1. The number of nitrogens with one attached hydrogen (secondary N) is 2. The molecule has 18 heavy (non-hydrogen) atoms. The fraction of sp³-hybridized carbons (Fsp3) is 0.429. The summed E-state index contributed by atoms with van der Waals surface area (Å²) >= 11 is 0. The summed E-state index contributed by atoms with van der Waals surface area (Å²) in [7, 11) is 0. The Morgan fingerprint density at radius 3 is 2.44 bits per heavy atom. The van der Waals surface area contributed by atoms with Crippen LogP contribution in [0, 0.1) is 18.3 Å². The molecular formula is C14H19N3O. The lowest BCUT2D eigenvalue weighted by Gasteiger charge is -2.14. The van der Waals surface area contributed by atoms with E-state index < -0.39 is 6.04 Å². The van der Waals surface area contributed by atoms with Gasteiger partial charge in [-0.05, 0) is 32.9 Å². The summed E-state index contributed by atoms with van der Waals surface area (Å²) in [6, 6.07) is 9.42. The highest BCUT2D eigenvalue weighted by Gasteiger charge is 2.13. The SMILES string of the molecule is Cc1ccc(NC(C#N)CC(=O)NC(C)C)cc1. The van der Waals surface area contributed by atoms with Gasteiger partial charge in [0.1, 0.15) is 6.04 Å². The van der Waals surface area contributed by atoms with Gasteiger partial charge < -0.3 is 10.6 Å². The second kappa shape index (κ2) is 6.65. The zero-order chi connectivity index (χ0) is 13.5. The number of hydrogen-bond donors (Lipinski definition) is 2. The summed E-state index contributed by atoms with van der Waals surface area (Å²) in [5, 5.41) is 14.8. The molecule has 0 heterocycles. The van der Waals surface area contributed by atoms with Crippen LogP contribution in [0.3, 0.4) is 0 Å². The minimum absolute atomic E-state index is 0.0937. The first-order valence-corrected chi connectivity index (χ1v) is 6.03. The average Bonchev–Trinajstić information content (AvgIpc) is 2.30. The highest BCUT2D eigenvalue weighted by Crippen LogP contribution is 2.11. The fourth-order valence-corrected chi connectivity index (χ4v) is 1.55. The highest BCUT2D eigenvalue weighted by molar-refractivity contribution is 5.77. The van der Waals surface area contributed by atoms with Crippen molar-refractivity contribution in [1.82, 2.24) is 5.32 Å².